The van der Waals surface area contributed by atoms with Crippen LogP contribution in [-0.2, 0) is 11.3 Å². The van der Waals surface area contributed by atoms with E-state index in [4.69, 9.17) is 11.0 Å². The van der Waals surface area contributed by atoms with Gasteiger partial charge in [-0.05, 0) is 29.3 Å². The molecule has 0 bridgehead atoms. The fourth-order valence-corrected chi connectivity index (χ4v) is 3.78. The van der Waals surface area contributed by atoms with Crippen molar-refractivity contribution in [3.05, 3.63) is 66.1 Å². The standard InChI is InChI=1S/C24H26N8O/c1-30(23(33)13-26)17-18-3-2-4-20(11-18)21-15-28-24(29-16-21)32-9-7-31(8-10-32)22-6-5-19(12-25)14-27-22/h2-6,11,14-16H,7-10,13,17,26H2,1H3. The lowest BCUT2D eigenvalue weighted by Crippen LogP contribution is -2.47. The highest BCUT2D eigenvalue weighted by Gasteiger charge is 2.20. The zero-order chi connectivity index (χ0) is 23.2. The highest BCUT2D eigenvalue weighted by Crippen LogP contribution is 2.22. The number of hydrogen-bond acceptors (Lipinski definition) is 8. The predicted molar refractivity (Wildman–Crippen MR) is 126 cm³/mol. The first kappa shape index (κ1) is 22.2. The second-order valence-electron chi connectivity index (χ2n) is 7.92. The summed E-state index contributed by atoms with van der Waals surface area (Å²) >= 11 is 0. The minimum absolute atomic E-state index is 0.00371. The molecule has 9 nitrogen and oxygen atoms in total. The third kappa shape index (κ3) is 5.25. The van der Waals surface area contributed by atoms with Gasteiger partial charge in [0.05, 0.1) is 12.1 Å². The van der Waals surface area contributed by atoms with Crippen LogP contribution in [0.25, 0.3) is 11.1 Å². The fourth-order valence-electron chi connectivity index (χ4n) is 3.78. The van der Waals surface area contributed by atoms with Crippen LogP contribution in [-0.4, -0.2) is 65.5 Å². The largest absolute Gasteiger partial charge is 0.353 e. The van der Waals surface area contributed by atoms with E-state index in [1.165, 1.54) is 0 Å². The van der Waals surface area contributed by atoms with Crippen molar-refractivity contribution in [1.29, 1.82) is 5.26 Å². The third-order valence-corrected chi connectivity index (χ3v) is 5.68. The minimum Gasteiger partial charge on any atom is -0.353 e. The molecule has 168 valence electrons. The number of aromatic nitrogens is 3. The lowest BCUT2D eigenvalue weighted by atomic mass is 10.1. The minimum atomic E-state index is -0.0943. The summed E-state index contributed by atoms with van der Waals surface area (Å²) in [6.07, 6.45) is 5.28. The average Bonchev–Trinajstić information content (AvgIpc) is 2.88. The molecule has 1 aromatic carbocycles. The summed E-state index contributed by atoms with van der Waals surface area (Å²) in [7, 11) is 1.75. The molecule has 1 fully saturated rings. The van der Waals surface area contributed by atoms with Crippen LogP contribution in [0, 0.1) is 11.3 Å². The molecule has 1 saturated heterocycles. The number of nitrogens with zero attached hydrogens (tertiary/aromatic N) is 7. The maximum absolute atomic E-state index is 11.7. The van der Waals surface area contributed by atoms with Gasteiger partial charge in [0.25, 0.3) is 0 Å². The number of pyridine rings is 1. The Morgan fingerprint density at radius 1 is 1.03 bits per heavy atom. The van der Waals surface area contributed by atoms with Crippen LogP contribution < -0.4 is 15.5 Å². The molecule has 0 saturated carbocycles. The fraction of sp³-hybridized carbons (Fsp3) is 0.292. The van der Waals surface area contributed by atoms with E-state index in [-0.39, 0.29) is 12.5 Å². The number of likely N-dealkylation sites (N-methyl/N-ethyl adjacent to an activating group) is 1. The molecular formula is C24H26N8O. The van der Waals surface area contributed by atoms with Crippen LogP contribution in [0.1, 0.15) is 11.1 Å². The number of amides is 1. The van der Waals surface area contributed by atoms with Crippen molar-refractivity contribution < 1.29 is 4.79 Å². The number of piperazine rings is 1. The number of nitriles is 1. The Kier molecular flexibility index (Phi) is 6.76. The molecule has 3 heterocycles. The first-order chi connectivity index (χ1) is 16.1. The van der Waals surface area contributed by atoms with Gasteiger partial charge in [0, 0.05) is 63.9 Å². The zero-order valence-corrected chi connectivity index (χ0v) is 18.6. The van der Waals surface area contributed by atoms with Gasteiger partial charge in [-0.3, -0.25) is 4.79 Å². The molecule has 3 aromatic rings. The number of nitrogens with two attached hydrogens (primary N) is 1. The van der Waals surface area contributed by atoms with E-state index >= 15 is 0 Å². The van der Waals surface area contributed by atoms with Gasteiger partial charge in [-0.1, -0.05) is 18.2 Å². The maximum atomic E-state index is 11.7. The highest BCUT2D eigenvalue weighted by molar-refractivity contribution is 5.77. The van der Waals surface area contributed by atoms with Gasteiger partial charge >= 0.3 is 0 Å². The van der Waals surface area contributed by atoms with E-state index in [2.05, 4.69) is 30.8 Å². The van der Waals surface area contributed by atoms with Crippen molar-refractivity contribution >= 4 is 17.7 Å². The van der Waals surface area contributed by atoms with E-state index in [9.17, 15) is 4.79 Å². The van der Waals surface area contributed by atoms with Crippen molar-refractivity contribution in [2.45, 2.75) is 6.54 Å². The number of carbonyl (C=O) groups is 1. The SMILES string of the molecule is CN(Cc1cccc(-c2cnc(N3CCN(c4ccc(C#N)cn4)CC3)nc2)c1)C(=O)CN. The Balaban J connectivity index is 1.38. The normalized spacial score (nSPS) is 13.5. The van der Waals surface area contributed by atoms with Crippen LogP contribution in [0.15, 0.2) is 55.0 Å². The quantitative estimate of drug-likeness (QED) is 0.613. The molecule has 4 rings (SSSR count). The van der Waals surface area contributed by atoms with E-state index < -0.39 is 0 Å². The summed E-state index contributed by atoms with van der Waals surface area (Å²) in [6, 6.07) is 13.8. The lowest BCUT2D eigenvalue weighted by Gasteiger charge is -2.35. The molecule has 0 spiro atoms. The molecule has 0 atom stereocenters. The molecule has 2 N–H and O–H groups in total. The molecule has 1 aliphatic rings. The van der Waals surface area contributed by atoms with Crippen molar-refractivity contribution in [2.75, 3.05) is 49.6 Å². The van der Waals surface area contributed by atoms with Crippen molar-refractivity contribution in [2.24, 2.45) is 5.73 Å². The summed E-state index contributed by atoms with van der Waals surface area (Å²) in [4.78, 5) is 31.3. The predicted octanol–water partition coefficient (Wildman–Crippen LogP) is 1.65. The summed E-state index contributed by atoms with van der Waals surface area (Å²) in [5, 5.41) is 8.93. The van der Waals surface area contributed by atoms with Gasteiger partial charge in [0.2, 0.25) is 11.9 Å². The van der Waals surface area contributed by atoms with Crippen LogP contribution in [0.2, 0.25) is 0 Å². The summed E-state index contributed by atoms with van der Waals surface area (Å²) in [5.74, 6) is 1.49. The number of hydrogen-bond donors (Lipinski definition) is 1. The summed E-state index contributed by atoms with van der Waals surface area (Å²) < 4.78 is 0. The Labute approximate surface area is 193 Å². The van der Waals surface area contributed by atoms with Crippen LogP contribution in [0.3, 0.4) is 0 Å². The summed E-state index contributed by atoms with van der Waals surface area (Å²) in [5.41, 5.74) is 8.96. The van der Waals surface area contributed by atoms with E-state index in [0.717, 1.165) is 48.7 Å². The molecule has 1 aliphatic heterocycles. The van der Waals surface area contributed by atoms with Crippen LogP contribution >= 0.6 is 0 Å². The molecule has 0 unspecified atom stereocenters. The molecule has 0 radical (unpaired) electrons. The summed E-state index contributed by atoms with van der Waals surface area (Å²) in [6.45, 7) is 3.70. The van der Waals surface area contributed by atoms with Gasteiger partial charge in [0.1, 0.15) is 11.9 Å². The monoisotopic (exact) mass is 442 g/mol. The number of benzene rings is 1. The Morgan fingerprint density at radius 3 is 2.39 bits per heavy atom. The topological polar surface area (TPSA) is 115 Å². The smallest absolute Gasteiger partial charge is 0.236 e. The first-order valence-electron chi connectivity index (χ1n) is 10.8. The number of carbonyl (C=O) groups excluding carboxylic acids is 1. The third-order valence-electron chi connectivity index (χ3n) is 5.68. The second kappa shape index (κ2) is 10.1. The Bertz CT molecular complexity index is 1130. The van der Waals surface area contributed by atoms with Gasteiger partial charge in [0.15, 0.2) is 0 Å². The van der Waals surface area contributed by atoms with E-state index in [0.29, 0.717) is 18.1 Å². The van der Waals surface area contributed by atoms with Crippen molar-refractivity contribution in [3.63, 3.8) is 0 Å². The lowest BCUT2D eigenvalue weighted by molar-refractivity contribution is -0.128. The molecule has 1 amide bonds. The average molecular weight is 443 g/mol. The Hall–Kier alpha value is -4.03. The van der Waals surface area contributed by atoms with E-state index in [1.54, 1.807) is 24.2 Å². The second-order valence-corrected chi connectivity index (χ2v) is 7.92. The zero-order valence-electron chi connectivity index (χ0n) is 18.6. The first-order valence-corrected chi connectivity index (χ1v) is 10.8. The van der Waals surface area contributed by atoms with Crippen LogP contribution in [0.5, 0.6) is 0 Å². The molecular weight excluding hydrogens is 416 g/mol. The molecule has 0 aliphatic carbocycles. The van der Waals surface area contributed by atoms with Gasteiger partial charge in [-0.15, -0.1) is 0 Å². The highest BCUT2D eigenvalue weighted by atomic mass is 16.2. The van der Waals surface area contributed by atoms with E-state index in [1.807, 2.05) is 42.7 Å². The molecule has 9 heteroatoms. The Morgan fingerprint density at radius 2 is 1.76 bits per heavy atom. The van der Waals surface area contributed by atoms with Crippen LogP contribution in [0.4, 0.5) is 11.8 Å². The number of anilines is 2. The van der Waals surface area contributed by atoms with Crippen molar-refractivity contribution in [3.8, 4) is 17.2 Å². The van der Waals surface area contributed by atoms with Gasteiger partial charge < -0.3 is 20.4 Å². The number of rotatable bonds is 6. The maximum Gasteiger partial charge on any atom is 0.236 e. The van der Waals surface area contributed by atoms with Gasteiger partial charge in [-0.2, -0.15) is 5.26 Å². The van der Waals surface area contributed by atoms with Gasteiger partial charge in [-0.25, -0.2) is 15.0 Å². The molecule has 33 heavy (non-hydrogen) atoms. The molecule has 2 aromatic heterocycles. The van der Waals surface area contributed by atoms with Crippen molar-refractivity contribution in [1.82, 2.24) is 19.9 Å².